The molecule has 0 aromatic rings. The Kier molecular flexibility index (Phi) is 6.98. The Balaban J connectivity index is 0. The van der Waals surface area contributed by atoms with Crippen molar-refractivity contribution in [3.63, 3.8) is 0 Å². The van der Waals surface area contributed by atoms with Crippen LogP contribution in [0.2, 0.25) is 0 Å². The molecule has 0 radical (unpaired) electrons. The molecule has 1 rings (SSSR count). The molecule has 1 aliphatic heterocycles. The average molecular weight is 147 g/mol. The van der Waals surface area contributed by atoms with Gasteiger partial charge in [0.2, 0.25) is 0 Å². The third-order valence-electron chi connectivity index (χ3n) is 1.51. The van der Waals surface area contributed by atoms with Gasteiger partial charge in [0.05, 0.1) is 13.2 Å². The van der Waals surface area contributed by atoms with Gasteiger partial charge in [-0.1, -0.05) is 13.8 Å². The van der Waals surface area contributed by atoms with Crippen LogP contribution in [0.4, 0.5) is 0 Å². The van der Waals surface area contributed by atoms with E-state index >= 15 is 0 Å². The predicted octanol–water partition coefficient (Wildman–Crippen LogP) is 1.51. The molecule has 0 amide bonds. The zero-order valence-electron chi connectivity index (χ0n) is 7.31. The van der Waals surface area contributed by atoms with E-state index in [2.05, 4.69) is 5.32 Å². The lowest BCUT2D eigenvalue weighted by molar-refractivity contribution is -0.0349. The summed E-state index contributed by atoms with van der Waals surface area (Å²) in [6.45, 7) is 7.11. The molecular formula is C8H21NO. The summed E-state index contributed by atoms with van der Waals surface area (Å²) in [5.74, 6) is 0.849. The van der Waals surface area contributed by atoms with Gasteiger partial charge in [0.1, 0.15) is 0 Å². The molecule has 10 heavy (non-hydrogen) atoms. The normalized spacial score (nSPS) is 17.1. The molecule has 0 unspecified atom stereocenters. The Morgan fingerprint density at radius 2 is 2.10 bits per heavy atom. The third kappa shape index (κ3) is 3.85. The highest BCUT2D eigenvalue weighted by Gasteiger charge is 2.16. The number of ether oxygens (including phenoxy) is 1. The van der Waals surface area contributed by atoms with Crippen LogP contribution in [0.3, 0.4) is 0 Å². The zero-order chi connectivity index (χ0) is 7.82. The highest BCUT2D eigenvalue weighted by atomic mass is 16.5. The first-order valence-electron chi connectivity index (χ1n) is 4.16. The van der Waals surface area contributed by atoms with Crippen molar-refractivity contribution in [2.45, 2.75) is 20.3 Å². The number of hydrogen-bond acceptors (Lipinski definition) is 2. The maximum atomic E-state index is 5.00. The Morgan fingerprint density at radius 1 is 1.50 bits per heavy atom. The van der Waals surface area contributed by atoms with Gasteiger partial charge < -0.3 is 10.1 Å². The van der Waals surface area contributed by atoms with Crippen LogP contribution >= 0.6 is 0 Å². The Labute approximate surface area is 65.4 Å². The molecule has 1 heterocycles. The lowest BCUT2D eigenvalue weighted by Crippen LogP contribution is -2.30. The molecule has 0 spiro atoms. The summed E-state index contributed by atoms with van der Waals surface area (Å²) in [5.41, 5.74) is 0. The topological polar surface area (TPSA) is 21.3 Å². The molecule has 1 fully saturated rings. The first kappa shape index (κ1) is 9.92. The fraction of sp³-hybridized carbons (Fsp3) is 1.00. The Morgan fingerprint density at radius 3 is 2.40 bits per heavy atom. The molecule has 64 valence electrons. The molecule has 0 aliphatic carbocycles. The number of hydrogen-bond donors (Lipinski definition) is 1. The largest absolute Gasteiger partial charge is 0.381 e. The maximum absolute atomic E-state index is 5.00. The van der Waals surface area contributed by atoms with E-state index in [1.165, 1.54) is 6.42 Å². The van der Waals surface area contributed by atoms with Crippen molar-refractivity contribution in [3.05, 3.63) is 0 Å². The second-order valence-electron chi connectivity index (χ2n) is 2.30. The summed E-state index contributed by atoms with van der Waals surface area (Å²) in [7, 11) is 1.99. The van der Waals surface area contributed by atoms with Crippen LogP contribution < -0.4 is 5.32 Å². The van der Waals surface area contributed by atoms with Gasteiger partial charge in [-0.05, 0) is 20.0 Å². The molecule has 0 saturated carbocycles. The van der Waals surface area contributed by atoms with Crippen LogP contribution in [0.5, 0.6) is 0 Å². The van der Waals surface area contributed by atoms with E-state index in [0.29, 0.717) is 0 Å². The van der Waals surface area contributed by atoms with Gasteiger partial charge in [-0.15, -0.1) is 0 Å². The Hall–Kier alpha value is -0.0800. The van der Waals surface area contributed by atoms with Gasteiger partial charge in [0, 0.05) is 7.34 Å². The van der Waals surface area contributed by atoms with Gasteiger partial charge in [-0.2, -0.15) is 0 Å². The molecule has 0 aromatic heterocycles. The predicted molar refractivity (Wildman–Crippen MR) is 46.3 cm³/mol. The fourth-order valence-electron chi connectivity index (χ4n) is 0.800. The quantitative estimate of drug-likeness (QED) is 0.653. The molecule has 2 heteroatoms. The van der Waals surface area contributed by atoms with Crippen LogP contribution in [-0.4, -0.2) is 26.8 Å². The van der Waals surface area contributed by atoms with Gasteiger partial charge >= 0.3 is 0 Å². The minimum absolute atomic E-state index is 0. The summed E-state index contributed by atoms with van der Waals surface area (Å²) in [4.78, 5) is 0. The van der Waals surface area contributed by atoms with Crippen molar-refractivity contribution in [3.8, 4) is 0 Å². The Bertz CT molecular complexity index is 67.1. The van der Waals surface area contributed by atoms with E-state index < -0.39 is 0 Å². The third-order valence-corrected chi connectivity index (χ3v) is 1.51. The van der Waals surface area contributed by atoms with Crippen LogP contribution in [-0.2, 0) is 4.74 Å². The van der Waals surface area contributed by atoms with Crippen molar-refractivity contribution in [2.24, 2.45) is 5.92 Å². The fourth-order valence-corrected chi connectivity index (χ4v) is 0.800. The summed E-state index contributed by atoms with van der Waals surface area (Å²) in [6.07, 6.45) is 1.27. The molecule has 1 saturated heterocycles. The standard InChI is InChI=1S/C6H13NO.C2H6.H2/c1-7-3-2-6-4-8-5-6;1-2;/h6-7H,2-5H2,1H3;1-2H3;1H. The van der Waals surface area contributed by atoms with E-state index in [1.54, 1.807) is 0 Å². The molecule has 0 atom stereocenters. The molecule has 1 aliphatic rings. The van der Waals surface area contributed by atoms with Crippen molar-refractivity contribution in [1.82, 2.24) is 5.32 Å². The first-order valence-corrected chi connectivity index (χ1v) is 4.16. The smallest absolute Gasteiger partial charge is 0.0516 e. The van der Waals surface area contributed by atoms with Crippen molar-refractivity contribution >= 4 is 0 Å². The SMILES string of the molecule is CC.CNCCC1COC1.[HH]. The van der Waals surface area contributed by atoms with Gasteiger partial charge in [0.15, 0.2) is 0 Å². The zero-order valence-corrected chi connectivity index (χ0v) is 7.31. The lowest BCUT2D eigenvalue weighted by atomic mass is 10.0. The van der Waals surface area contributed by atoms with Crippen molar-refractivity contribution < 1.29 is 6.16 Å². The second-order valence-corrected chi connectivity index (χ2v) is 2.30. The van der Waals surface area contributed by atoms with Gasteiger partial charge in [-0.25, -0.2) is 0 Å². The summed E-state index contributed by atoms with van der Waals surface area (Å²) in [6, 6.07) is 0. The monoisotopic (exact) mass is 147 g/mol. The maximum Gasteiger partial charge on any atom is 0.0516 e. The van der Waals surface area contributed by atoms with Crippen LogP contribution in [0.15, 0.2) is 0 Å². The highest BCUT2D eigenvalue weighted by molar-refractivity contribution is 4.65. The van der Waals surface area contributed by atoms with Crippen LogP contribution in [0.1, 0.15) is 21.7 Å². The minimum atomic E-state index is 0. The van der Waals surface area contributed by atoms with Crippen LogP contribution in [0, 0.1) is 5.92 Å². The first-order chi connectivity index (χ1) is 4.93. The highest BCUT2D eigenvalue weighted by Crippen LogP contribution is 2.12. The minimum Gasteiger partial charge on any atom is -0.381 e. The van der Waals surface area contributed by atoms with Gasteiger partial charge in [0.25, 0.3) is 0 Å². The molecule has 0 bridgehead atoms. The average Bonchev–Trinajstić information content (AvgIpc) is 1.90. The number of rotatable bonds is 3. The molecular weight excluding hydrogens is 126 g/mol. The number of nitrogens with one attached hydrogen (secondary N) is 1. The van der Waals surface area contributed by atoms with Crippen LogP contribution in [0.25, 0.3) is 0 Å². The van der Waals surface area contributed by atoms with E-state index in [9.17, 15) is 0 Å². The second kappa shape index (κ2) is 7.03. The van der Waals surface area contributed by atoms with E-state index in [4.69, 9.17) is 4.74 Å². The lowest BCUT2D eigenvalue weighted by Gasteiger charge is -2.25. The summed E-state index contributed by atoms with van der Waals surface area (Å²) < 4.78 is 5.00. The van der Waals surface area contributed by atoms with E-state index in [-0.39, 0.29) is 1.43 Å². The van der Waals surface area contributed by atoms with E-state index in [1.807, 2.05) is 20.9 Å². The molecule has 0 aromatic carbocycles. The van der Waals surface area contributed by atoms with E-state index in [0.717, 1.165) is 25.7 Å². The summed E-state index contributed by atoms with van der Waals surface area (Å²) in [5, 5.41) is 3.11. The molecule has 2 nitrogen and oxygen atoms in total. The van der Waals surface area contributed by atoms with Crippen molar-refractivity contribution in [2.75, 3.05) is 26.8 Å². The molecule has 1 N–H and O–H groups in total. The summed E-state index contributed by atoms with van der Waals surface area (Å²) >= 11 is 0. The van der Waals surface area contributed by atoms with Gasteiger partial charge in [-0.3, -0.25) is 0 Å². The van der Waals surface area contributed by atoms with Crippen molar-refractivity contribution in [1.29, 1.82) is 0 Å².